The molecule has 0 atom stereocenters. The normalized spacial score (nSPS) is 13.8. The van der Waals surface area contributed by atoms with E-state index in [2.05, 4.69) is 20.7 Å². The Morgan fingerprint density at radius 3 is 2.84 bits per heavy atom. The zero-order valence-electron chi connectivity index (χ0n) is 14.0. The lowest BCUT2D eigenvalue weighted by Crippen LogP contribution is -2.27. The fourth-order valence-electron chi connectivity index (χ4n) is 2.72. The van der Waals surface area contributed by atoms with E-state index in [1.807, 2.05) is 41.2 Å². The maximum atomic E-state index is 12.2. The van der Waals surface area contributed by atoms with Crippen LogP contribution in [0.3, 0.4) is 0 Å². The molecule has 0 saturated heterocycles. The molecule has 6 nitrogen and oxygen atoms in total. The summed E-state index contributed by atoms with van der Waals surface area (Å²) < 4.78 is 1.86. The lowest BCUT2D eigenvalue weighted by atomic mass is 10.2. The van der Waals surface area contributed by atoms with Gasteiger partial charge in [0.15, 0.2) is 0 Å². The van der Waals surface area contributed by atoms with Gasteiger partial charge in [0, 0.05) is 30.9 Å². The minimum atomic E-state index is -0.113. The molecule has 6 heteroatoms. The number of carbonyl (C=O) groups is 1. The molecular weight excluding hydrogens is 314 g/mol. The van der Waals surface area contributed by atoms with Crippen LogP contribution in [0.15, 0.2) is 48.8 Å². The van der Waals surface area contributed by atoms with Gasteiger partial charge in [0.05, 0.1) is 17.6 Å². The number of benzene rings is 1. The van der Waals surface area contributed by atoms with E-state index >= 15 is 0 Å². The van der Waals surface area contributed by atoms with E-state index in [1.165, 1.54) is 12.8 Å². The minimum absolute atomic E-state index is 0.113. The fraction of sp³-hybridized carbons (Fsp3) is 0.316. The summed E-state index contributed by atoms with van der Waals surface area (Å²) in [5.74, 6) is 1.51. The summed E-state index contributed by atoms with van der Waals surface area (Å²) in [7, 11) is 0. The van der Waals surface area contributed by atoms with E-state index < -0.39 is 0 Å². The molecule has 0 aliphatic heterocycles. The number of hydrogen-bond acceptors (Lipinski definition) is 4. The van der Waals surface area contributed by atoms with Crippen LogP contribution in [0.2, 0.25) is 0 Å². The third kappa shape index (κ3) is 3.96. The van der Waals surface area contributed by atoms with Crippen molar-refractivity contribution < 1.29 is 4.79 Å². The Labute approximate surface area is 146 Å². The molecular formula is C19H21N5O. The number of carbonyl (C=O) groups excluding carboxylic acids is 1. The molecule has 1 amide bonds. The molecule has 0 unspecified atom stereocenters. The van der Waals surface area contributed by atoms with Gasteiger partial charge in [0.1, 0.15) is 5.82 Å². The average Bonchev–Trinajstić information content (AvgIpc) is 3.38. The SMILES string of the molecule is O=C(NCCn1cc2ccccc2n1)c1ccc(NCC2CC2)nc1. The summed E-state index contributed by atoms with van der Waals surface area (Å²) in [5.41, 5.74) is 1.54. The summed E-state index contributed by atoms with van der Waals surface area (Å²) in [6.07, 6.45) is 6.22. The summed E-state index contributed by atoms with van der Waals surface area (Å²) in [6.45, 7) is 2.13. The Balaban J connectivity index is 1.27. The standard InChI is InChI=1S/C19H21N5O/c25-19(15-7-8-18(22-12-15)21-11-14-5-6-14)20-9-10-24-13-16-3-1-2-4-17(16)23-24/h1-4,7-8,12-14H,5-6,9-11H2,(H,20,25)(H,21,22). The van der Waals surface area contributed by atoms with E-state index in [0.717, 1.165) is 29.2 Å². The number of pyridine rings is 1. The second kappa shape index (κ2) is 6.93. The van der Waals surface area contributed by atoms with Crippen molar-refractivity contribution in [2.75, 3.05) is 18.4 Å². The van der Waals surface area contributed by atoms with Crippen molar-refractivity contribution in [1.82, 2.24) is 20.1 Å². The molecule has 3 aromatic rings. The Morgan fingerprint density at radius 2 is 2.08 bits per heavy atom. The number of fused-ring (bicyclic) bond motifs is 1. The molecule has 4 rings (SSSR count). The minimum Gasteiger partial charge on any atom is -0.370 e. The molecule has 0 bridgehead atoms. The molecule has 1 aliphatic rings. The number of aromatic nitrogens is 3. The number of nitrogens with zero attached hydrogens (tertiary/aromatic N) is 3. The topological polar surface area (TPSA) is 71.8 Å². The first kappa shape index (κ1) is 15.6. The van der Waals surface area contributed by atoms with Crippen LogP contribution >= 0.6 is 0 Å². The van der Waals surface area contributed by atoms with Crippen LogP contribution in [-0.2, 0) is 6.54 Å². The lowest BCUT2D eigenvalue weighted by Gasteiger charge is -2.07. The second-order valence-electron chi connectivity index (χ2n) is 6.46. The Morgan fingerprint density at radius 1 is 1.20 bits per heavy atom. The molecule has 25 heavy (non-hydrogen) atoms. The first-order valence-corrected chi connectivity index (χ1v) is 8.68. The maximum Gasteiger partial charge on any atom is 0.252 e. The zero-order chi connectivity index (χ0) is 17.1. The van der Waals surface area contributed by atoms with E-state index in [-0.39, 0.29) is 5.91 Å². The van der Waals surface area contributed by atoms with Crippen molar-refractivity contribution >= 4 is 22.6 Å². The largest absolute Gasteiger partial charge is 0.370 e. The maximum absolute atomic E-state index is 12.2. The summed E-state index contributed by atoms with van der Waals surface area (Å²) in [5, 5.41) is 11.8. The number of anilines is 1. The number of amides is 1. The van der Waals surface area contributed by atoms with Crippen LogP contribution in [0, 0.1) is 5.92 Å². The Bertz CT molecular complexity index is 834. The van der Waals surface area contributed by atoms with Crippen molar-refractivity contribution in [3.05, 3.63) is 54.4 Å². The predicted molar refractivity (Wildman–Crippen MR) is 97.5 cm³/mol. The van der Waals surface area contributed by atoms with Gasteiger partial charge in [-0.05, 0) is 37.0 Å². The monoisotopic (exact) mass is 335 g/mol. The van der Waals surface area contributed by atoms with E-state index in [1.54, 1.807) is 12.3 Å². The lowest BCUT2D eigenvalue weighted by molar-refractivity contribution is 0.0951. The average molecular weight is 335 g/mol. The molecule has 1 aliphatic carbocycles. The van der Waals surface area contributed by atoms with Crippen LogP contribution < -0.4 is 10.6 Å². The third-order valence-electron chi connectivity index (χ3n) is 4.38. The molecule has 2 N–H and O–H groups in total. The van der Waals surface area contributed by atoms with E-state index in [9.17, 15) is 4.79 Å². The quantitative estimate of drug-likeness (QED) is 0.696. The van der Waals surface area contributed by atoms with Crippen LogP contribution in [-0.4, -0.2) is 33.8 Å². The zero-order valence-corrected chi connectivity index (χ0v) is 14.0. The van der Waals surface area contributed by atoms with Gasteiger partial charge >= 0.3 is 0 Å². The highest BCUT2D eigenvalue weighted by atomic mass is 16.1. The van der Waals surface area contributed by atoms with Gasteiger partial charge in [-0.25, -0.2) is 4.98 Å². The fourth-order valence-corrected chi connectivity index (χ4v) is 2.72. The summed E-state index contributed by atoms with van der Waals surface area (Å²) in [4.78, 5) is 16.5. The predicted octanol–water partition coefficient (Wildman–Crippen LogP) is 2.68. The van der Waals surface area contributed by atoms with Gasteiger partial charge in [-0.15, -0.1) is 0 Å². The van der Waals surface area contributed by atoms with E-state index in [4.69, 9.17) is 0 Å². The van der Waals surface area contributed by atoms with Crippen LogP contribution in [0.5, 0.6) is 0 Å². The van der Waals surface area contributed by atoms with Crippen molar-refractivity contribution in [1.29, 1.82) is 0 Å². The molecule has 1 aromatic carbocycles. The highest BCUT2D eigenvalue weighted by Gasteiger charge is 2.20. The van der Waals surface area contributed by atoms with Crippen molar-refractivity contribution in [2.45, 2.75) is 19.4 Å². The van der Waals surface area contributed by atoms with Crippen LogP contribution in [0.1, 0.15) is 23.2 Å². The number of hydrogen-bond donors (Lipinski definition) is 2. The van der Waals surface area contributed by atoms with Crippen molar-refractivity contribution in [2.24, 2.45) is 5.92 Å². The molecule has 0 radical (unpaired) electrons. The molecule has 128 valence electrons. The van der Waals surface area contributed by atoms with Gasteiger partial charge in [-0.3, -0.25) is 9.48 Å². The Kier molecular flexibility index (Phi) is 4.33. The third-order valence-corrected chi connectivity index (χ3v) is 4.38. The van der Waals surface area contributed by atoms with E-state index in [0.29, 0.717) is 18.7 Å². The van der Waals surface area contributed by atoms with Crippen molar-refractivity contribution in [3.63, 3.8) is 0 Å². The molecule has 0 spiro atoms. The summed E-state index contributed by atoms with van der Waals surface area (Å²) >= 11 is 0. The molecule has 1 fully saturated rings. The van der Waals surface area contributed by atoms with Gasteiger partial charge in [0.2, 0.25) is 0 Å². The highest BCUT2D eigenvalue weighted by Crippen LogP contribution is 2.28. The van der Waals surface area contributed by atoms with Gasteiger partial charge in [-0.2, -0.15) is 5.10 Å². The van der Waals surface area contributed by atoms with Gasteiger partial charge in [0.25, 0.3) is 5.91 Å². The van der Waals surface area contributed by atoms with Crippen molar-refractivity contribution in [3.8, 4) is 0 Å². The number of rotatable bonds is 7. The summed E-state index contributed by atoms with van der Waals surface area (Å²) in [6, 6.07) is 11.6. The first-order chi connectivity index (χ1) is 12.3. The Hall–Kier alpha value is -2.89. The number of nitrogens with one attached hydrogen (secondary N) is 2. The first-order valence-electron chi connectivity index (χ1n) is 8.68. The molecule has 2 heterocycles. The van der Waals surface area contributed by atoms with Crippen LogP contribution in [0.25, 0.3) is 10.9 Å². The van der Waals surface area contributed by atoms with Gasteiger partial charge < -0.3 is 10.6 Å². The van der Waals surface area contributed by atoms with Gasteiger partial charge in [-0.1, -0.05) is 18.2 Å². The molecule has 2 aromatic heterocycles. The second-order valence-corrected chi connectivity index (χ2v) is 6.46. The molecule has 1 saturated carbocycles. The highest BCUT2D eigenvalue weighted by molar-refractivity contribution is 5.94. The smallest absolute Gasteiger partial charge is 0.252 e. The van der Waals surface area contributed by atoms with Crippen LogP contribution in [0.4, 0.5) is 5.82 Å².